The van der Waals surface area contributed by atoms with Gasteiger partial charge in [-0.3, -0.25) is 9.78 Å². The van der Waals surface area contributed by atoms with E-state index in [1.54, 1.807) is 12.4 Å². The van der Waals surface area contributed by atoms with Crippen LogP contribution in [0.5, 0.6) is 0 Å². The van der Waals surface area contributed by atoms with Crippen molar-refractivity contribution in [1.82, 2.24) is 24.6 Å². The Morgan fingerprint density at radius 3 is 2.71 bits per heavy atom. The smallest absolute Gasteiger partial charge is 0.255 e. The highest BCUT2D eigenvalue weighted by atomic mass is 16.1. The van der Waals surface area contributed by atoms with Crippen LogP contribution in [-0.2, 0) is 6.54 Å². The van der Waals surface area contributed by atoms with Crippen LogP contribution in [0.3, 0.4) is 0 Å². The Kier molecular flexibility index (Phi) is 5.28. The normalized spacial score (nSPS) is 18.9. The predicted molar refractivity (Wildman–Crippen MR) is 121 cm³/mol. The van der Waals surface area contributed by atoms with Crippen LogP contribution in [0.15, 0.2) is 67.3 Å². The van der Waals surface area contributed by atoms with Gasteiger partial charge in [0.15, 0.2) is 0 Å². The van der Waals surface area contributed by atoms with Crippen LogP contribution >= 0.6 is 0 Å². The summed E-state index contributed by atoms with van der Waals surface area (Å²) in [6.07, 6.45) is 12.1. The number of pyridine rings is 1. The number of nitrogens with zero attached hydrogens (tertiary/aromatic N) is 4. The standard InChI is InChI=1S/C25H27N5O/c1-18-6-2-3-7-22(18)28-25(31)21-17-29(23-8-4-13-26-24(21)23)16-19-9-11-20(12-10-19)30-15-5-14-27-30/h4-5,8-15,17-18,22H,2-3,6-7,16H2,1H3,(H,28,31). The zero-order chi connectivity index (χ0) is 21.2. The molecule has 6 nitrogen and oxygen atoms in total. The van der Waals surface area contributed by atoms with Crippen LogP contribution in [0, 0.1) is 5.92 Å². The Morgan fingerprint density at radius 2 is 1.94 bits per heavy atom. The maximum absolute atomic E-state index is 13.1. The number of hydrogen-bond donors (Lipinski definition) is 1. The number of amides is 1. The van der Waals surface area contributed by atoms with Crippen molar-refractivity contribution in [2.45, 2.75) is 45.2 Å². The van der Waals surface area contributed by atoms with E-state index in [9.17, 15) is 4.79 Å². The minimum Gasteiger partial charge on any atom is -0.349 e. The van der Waals surface area contributed by atoms with E-state index in [2.05, 4.69) is 51.2 Å². The largest absolute Gasteiger partial charge is 0.349 e. The highest BCUT2D eigenvalue weighted by Crippen LogP contribution is 2.25. The van der Waals surface area contributed by atoms with E-state index in [1.807, 2.05) is 35.3 Å². The lowest BCUT2D eigenvalue weighted by atomic mass is 9.86. The summed E-state index contributed by atoms with van der Waals surface area (Å²) in [6.45, 7) is 2.91. The second-order valence-corrected chi connectivity index (χ2v) is 8.50. The fourth-order valence-electron chi connectivity index (χ4n) is 4.57. The summed E-state index contributed by atoms with van der Waals surface area (Å²) < 4.78 is 3.96. The molecule has 3 heterocycles. The van der Waals surface area contributed by atoms with E-state index in [0.29, 0.717) is 18.0 Å². The molecule has 2 unspecified atom stereocenters. The van der Waals surface area contributed by atoms with Gasteiger partial charge >= 0.3 is 0 Å². The third-order valence-electron chi connectivity index (χ3n) is 6.37. The molecule has 6 heteroatoms. The molecule has 0 bridgehead atoms. The molecule has 1 aliphatic rings. The number of carbonyl (C=O) groups excluding carboxylic acids is 1. The van der Waals surface area contributed by atoms with Gasteiger partial charge in [0.2, 0.25) is 0 Å². The van der Waals surface area contributed by atoms with Crippen LogP contribution in [0.4, 0.5) is 0 Å². The Balaban J connectivity index is 1.40. The van der Waals surface area contributed by atoms with E-state index in [4.69, 9.17) is 0 Å². The number of benzene rings is 1. The van der Waals surface area contributed by atoms with E-state index < -0.39 is 0 Å². The van der Waals surface area contributed by atoms with Crippen molar-refractivity contribution in [2.75, 3.05) is 0 Å². The van der Waals surface area contributed by atoms with Crippen molar-refractivity contribution in [3.05, 3.63) is 78.4 Å². The number of carbonyl (C=O) groups is 1. The molecule has 0 radical (unpaired) electrons. The summed E-state index contributed by atoms with van der Waals surface area (Å²) in [5, 5.41) is 7.55. The summed E-state index contributed by atoms with van der Waals surface area (Å²) in [6, 6.07) is 14.4. The number of hydrogen-bond acceptors (Lipinski definition) is 3. The van der Waals surface area contributed by atoms with Crippen molar-refractivity contribution in [1.29, 1.82) is 0 Å². The topological polar surface area (TPSA) is 64.7 Å². The average Bonchev–Trinajstić information content (AvgIpc) is 3.45. The van der Waals surface area contributed by atoms with E-state index in [1.165, 1.54) is 19.3 Å². The van der Waals surface area contributed by atoms with Crippen LogP contribution in [0.2, 0.25) is 0 Å². The van der Waals surface area contributed by atoms with Gasteiger partial charge in [-0.2, -0.15) is 5.10 Å². The predicted octanol–water partition coefficient (Wildman–Crippen LogP) is 4.58. The number of fused-ring (bicyclic) bond motifs is 1. The van der Waals surface area contributed by atoms with Crippen LogP contribution in [0.25, 0.3) is 16.7 Å². The van der Waals surface area contributed by atoms with Crippen molar-refractivity contribution in [3.8, 4) is 5.69 Å². The first-order valence-corrected chi connectivity index (χ1v) is 11.0. The second kappa shape index (κ2) is 8.38. The molecule has 2 atom stereocenters. The maximum atomic E-state index is 13.1. The Morgan fingerprint density at radius 1 is 1.10 bits per heavy atom. The molecule has 0 aliphatic heterocycles. The number of rotatable bonds is 5. The molecule has 31 heavy (non-hydrogen) atoms. The quantitative estimate of drug-likeness (QED) is 0.521. The molecule has 1 saturated carbocycles. The first-order chi connectivity index (χ1) is 15.2. The average molecular weight is 414 g/mol. The van der Waals surface area contributed by atoms with Crippen LogP contribution in [-0.4, -0.2) is 31.3 Å². The van der Waals surface area contributed by atoms with Crippen molar-refractivity contribution in [3.63, 3.8) is 0 Å². The Bertz CT molecular complexity index is 1180. The van der Waals surface area contributed by atoms with Gasteiger partial charge in [-0.1, -0.05) is 31.9 Å². The van der Waals surface area contributed by atoms with E-state index in [-0.39, 0.29) is 11.9 Å². The first-order valence-electron chi connectivity index (χ1n) is 11.0. The molecule has 1 aromatic carbocycles. The monoisotopic (exact) mass is 413 g/mol. The first kappa shape index (κ1) is 19.5. The van der Waals surface area contributed by atoms with Crippen molar-refractivity contribution >= 4 is 16.9 Å². The zero-order valence-corrected chi connectivity index (χ0v) is 17.7. The van der Waals surface area contributed by atoms with Gasteiger partial charge in [-0.15, -0.1) is 0 Å². The second-order valence-electron chi connectivity index (χ2n) is 8.50. The number of nitrogens with one attached hydrogen (secondary N) is 1. The van der Waals surface area contributed by atoms with Crippen molar-refractivity contribution in [2.24, 2.45) is 5.92 Å². The zero-order valence-electron chi connectivity index (χ0n) is 17.7. The van der Waals surface area contributed by atoms with Gasteiger partial charge in [-0.25, -0.2) is 4.68 Å². The van der Waals surface area contributed by atoms with Crippen molar-refractivity contribution < 1.29 is 4.79 Å². The fourth-order valence-corrected chi connectivity index (χ4v) is 4.57. The third kappa shape index (κ3) is 3.98. The summed E-state index contributed by atoms with van der Waals surface area (Å²) in [5.41, 5.74) is 4.57. The molecule has 5 rings (SSSR count). The molecule has 4 aromatic rings. The molecular weight excluding hydrogens is 386 g/mol. The molecule has 3 aromatic heterocycles. The lowest BCUT2D eigenvalue weighted by Gasteiger charge is -2.29. The molecular formula is C25H27N5O. The fraction of sp³-hybridized carbons (Fsp3) is 0.320. The van der Waals surface area contributed by atoms with Crippen LogP contribution in [0.1, 0.15) is 48.5 Å². The molecule has 0 spiro atoms. The molecule has 1 amide bonds. The van der Waals surface area contributed by atoms with Gasteiger partial charge in [0.05, 0.1) is 16.8 Å². The van der Waals surface area contributed by atoms with Crippen LogP contribution < -0.4 is 5.32 Å². The van der Waals surface area contributed by atoms with Gasteiger partial charge in [0.25, 0.3) is 5.91 Å². The summed E-state index contributed by atoms with van der Waals surface area (Å²) in [5.74, 6) is 0.502. The highest BCUT2D eigenvalue weighted by Gasteiger charge is 2.25. The summed E-state index contributed by atoms with van der Waals surface area (Å²) >= 11 is 0. The minimum atomic E-state index is -0.0183. The lowest BCUT2D eigenvalue weighted by molar-refractivity contribution is 0.0911. The third-order valence-corrected chi connectivity index (χ3v) is 6.37. The molecule has 158 valence electrons. The highest BCUT2D eigenvalue weighted by molar-refractivity contribution is 6.05. The van der Waals surface area contributed by atoms with E-state index >= 15 is 0 Å². The molecule has 1 fully saturated rings. The SMILES string of the molecule is CC1CCCCC1NC(=O)c1cn(Cc2ccc(-n3cccn3)cc2)c2cccnc12. The maximum Gasteiger partial charge on any atom is 0.255 e. The molecule has 0 saturated heterocycles. The summed E-state index contributed by atoms with van der Waals surface area (Å²) in [7, 11) is 0. The van der Waals surface area contributed by atoms with Gasteiger partial charge < -0.3 is 9.88 Å². The van der Waals surface area contributed by atoms with E-state index in [0.717, 1.165) is 28.7 Å². The minimum absolute atomic E-state index is 0.0183. The number of aromatic nitrogens is 4. The molecule has 1 aliphatic carbocycles. The Labute approximate surface area is 181 Å². The molecule has 1 N–H and O–H groups in total. The lowest BCUT2D eigenvalue weighted by Crippen LogP contribution is -2.41. The summed E-state index contributed by atoms with van der Waals surface area (Å²) in [4.78, 5) is 17.7. The van der Waals surface area contributed by atoms with Gasteiger partial charge in [-0.05, 0) is 54.7 Å². The van der Waals surface area contributed by atoms with Gasteiger partial charge in [0, 0.05) is 37.4 Å². The Hall–Kier alpha value is -3.41. The van der Waals surface area contributed by atoms with Gasteiger partial charge in [0.1, 0.15) is 5.52 Å².